The molecule has 0 spiro atoms. The Hall–Kier alpha value is -0.410. The number of nitrogen functional groups attached to an aromatic ring is 1. The van der Waals surface area contributed by atoms with Crippen LogP contribution in [0.15, 0.2) is 17.0 Å². The molecule has 2 rings (SSSR count). The Morgan fingerprint density at radius 3 is 2.62 bits per heavy atom. The minimum atomic E-state index is -0.380. The van der Waals surface area contributed by atoms with E-state index in [2.05, 4.69) is 0 Å². The standard InChI is InChI=1S/C12H15ClFNS/c13-9-6-11(15)12(7-10(9)14)16-8-4-2-1-3-5-8/h6-8H,1-5,15H2. The summed E-state index contributed by atoms with van der Waals surface area (Å²) < 4.78 is 13.3. The molecule has 0 aromatic heterocycles. The Bertz CT molecular complexity index is 378. The molecule has 1 aliphatic carbocycles. The average Bonchev–Trinajstić information content (AvgIpc) is 2.27. The summed E-state index contributed by atoms with van der Waals surface area (Å²) in [6, 6.07) is 2.96. The molecule has 0 unspecified atom stereocenters. The zero-order chi connectivity index (χ0) is 11.5. The zero-order valence-corrected chi connectivity index (χ0v) is 10.6. The number of nitrogens with two attached hydrogens (primary N) is 1. The molecule has 1 aromatic carbocycles. The summed E-state index contributed by atoms with van der Waals surface area (Å²) in [6.07, 6.45) is 6.27. The van der Waals surface area contributed by atoms with Crippen molar-refractivity contribution in [3.63, 3.8) is 0 Å². The van der Waals surface area contributed by atoms with E-state index in [1.165, 1.54) is 44.2 Å². The van der Waals surface area contributed by atoms with Gasteiger partial charge in [-0.3, -0.25) is 0 Å². The van der Waals surface area contributed by atoms with E-state index in [1.807, 2.05) is 0 Å². The minimum Gasteiger partial charge on any atom is -0.398 e. The fourth-order valence-electron chi connectivity index (χ4n) is 2.01. The third-order valence-corrected chi connectivity index (χ3v) is 4.60. The molecular formula is C12H15ClFNS. The van der Waals surface area contributed by atoms with Gasteiger partial charge in [-0.25, -0.2) is 4.39 Å². The molecule has 2 N–H and O–H groups in total. The van der Waals surface area contributed by atoms with Crippen molar-refractivity contribution < 1.29 is 4.39 Å². The third-order valence-electron chi connectivity index (χ3n) is 2.90. The van der Waals surface area contributed by atoms with E-state index in [1.54, 1.807) is 11.8 Å². The lowest BCUT2D eigenvalue weighted by Gasteiger charge is -2.21. The highest BCUT2D eigenvalue weighted by Crippen LogP contribution is 2.37. The molecule has 88 valence electrons. The number of benzene rings is 1. The fraction of sp³-hybridized carbons (Fsp3) is 0.500. The quantitative estimate of drug-likeness (QED) is 0.792. The summed E-state index contributed by atoms with van der Waals surface area (Å²) in [7, 11) is 0. The molecule has 4 heteroatoms. The summed E-state index contributed by atoms with van der Waals surface area (Å²) >= 11 is 7.35. The van der Waals surface area contributed by atoms with Crippen LogP contribution in [0, 0.1) is 5.82 Å². The topological polar surface area (TPSA) is 26.0 Å². The van der Waals surface area contributed by atoms with Crippen molar-refractivity contribution in [2.45, 2.75) is 42.2 Å². The van der Waals surface area contributed by atoms with Crippen molar-refractivity contribution in [2.75, 3.05) is 5.73 Å². The predicted octanol–water partition coefficient (Wildman–Crippen LogP) is 4.49. The Kier molecular flexibility index (Phi) is 3.98. The predicted molar refractivity (Wildman–Crippen MR) is 68.6 cm³/mol. The highest BCUT2D eigenvalue weighted by molar-refractivity contribution is 8.00. The largest absolute Gasteiger partial charge is 0.398 e. The number of halogens is 2. The number of hydrogen-bond acceptors (Lipinski definition) is 2. The smallest absolute Gasteiger partial charge is 0.143 e. The molecule has 0 heterocycles. The molecule has 0 bridgehead atoms. The van der Waals surface area contributed by atoms with Gasteiger partial charge in [0.05, 0.1) is 5.02 Å². The molecule has 16 heavy (non-hydrogen) atoms. The van der Waals surface area contributed by atoms with Gasteiger partial charge in [0.25, 0.3) is 0 Å². The van der Waals surface area contributed by atoms with Crippen LogP contribution in [-0.4, -0.2) is 5.25 Å². The van der Waals surface area contributed by atoms with Gasteiger partial charge < -0.3 is 5.73 Å². The Morgan fingerprint density at radius 2 is 1.94 bits per heavy atom. The average molecular weight is 260 g/mol. The molecule has 0 aliphatic heterocycles. The second-order valence-electron chi connectivity index (χ2n) is 4.18. The van der Waals surface area contributed by atoms with Gasteiger partial charge in [0.15, 0.2) is 0 Å². The first-order valence-electron chi connectivity index (χ1n) is 5.58. The molecule has 0 saturated heterocycles. The second kappa shape index (κ2) is 5.28. The molecule has 0 radical (unpaired) electrons. The Morgan fingerprint density at radius 1 is 1.25 bits per heavy atom. The number of rotatable bonds is 2. The molecule has 1 fully saturated rings. The summed E-state index contributed by atoms with van der Waals surface area (Å²) in [6.45, 7) is 0. The molecule has 1 nitrogen and oxygen atoms in total. The van der Waals surface area contributed by atoms with Gasteiger partial charge in [0, 0.05) is 15.8 Å². The summed E-state index contributed by atoms with van der Waals surface area (Å²) in [5.74, 6) is -0.380. The van der Waals surface area contributed by atoms with Crippen LogP contribution in [0.1, 0.15) is 32.1 Å². The van der Waals surface area contributed by atoms with Crippen molar-refractivity contribution in [2.24, 2.45) is 0 Å². The van der Waals surface area contributed by atoms with Crippen LogP contribution in [0.25, 0.3) is 0 Å². The van der Waals surface area contributed by atoms with Gasteiger partial charge in [-0.15, -0.1) is 11.8 Å². The van der Waals surface area contributed by atoms with E-state index in [0.29, 0.717) is 10.9 Å². The van der Waals surface area contributed by atoms with E-state index in [0.717, 1.165) is 4.90 Å². The van der Waals surface area contributed by atoms with E-state index in [9.17, 15) is 4.39 Å². The summed E-state index contributed by atoms with van der Waals surface area (Å²) in [5.41, 5.74) is 6.42. The maximum Gasteiger partial charge on any atom is 0.143 e. The van der Waals surface area contributed by atoms with Crippen molar-refractivity contribution in [3.05, 3.63) is 23.0 Å². The third kappa shape index (κ3) is 2.83. The zero-order valence-electron chi connectivity index (χ0n) is 9.01. The van der Waals surface area contributed by atoms with Crippen LogP contribution in [0.2, 0.25) is 5.02 Å². The maximum atomic E-state index is 13.3. The van der Waals surface area contributed by atoms with Gasteiger partial charge in [-0.05, 0) is 25.0 Å². The summed E-state index contributed by atoms with van der Waals surface area (Å²) in [4.78, 5) is 0.828. The molecule has 0 amide bonds. The van der Waals surface area contributed by atoms with Crippen LogP contribution in [0.4, 0.5) is 10.1 Å². The van der Waals surface area contributed by atoms with Crippen molar-refractivity contribution in [1.82, 2.24) is 0 Å². The Labute approximate surface area is 105 Å². The lowest BCUT2D eigenvalue weighted by molar-refractivity contribution is 0.516. The SMILES string of the molecule is Nc1cc(Cl)c(F)cc1SC1CCCCC1. The van der Waals surface area contributed by atoms with E-state index in [-0.39, 0.29) is 10.8 Å². The lowest BCUT2D eigenvalue weighted by Crippen LogP contribution is -2.08. The van der Waals surface area contributed by atoms with Gasteiger partial charge >= 0.3 is 0 Å². The number of thioether (sulfide) groups is 1. The van der Waals surface area contributed by atoms with Crippen LogP contribution < -0.4 is 5.73 Å². The van der Waals surface area contributed by atoms with Gasteiger partial charge in [0.1, 0.15) is 5.82 Å². The fourth-order valence-corrected chi connectivity index (χ4v) is 3.48. The molecular weight excluding hydrogens is 245 g/mol. The van der Waals surface area contributed by atoms with Crippen molar-refractivity contribution in [1.29, 1.82) is 0 Å². The minimum absolute atomic E-state index is 0.102. The van der Waals surface area contributed by atoms with Gasteiger partial charge in [-0.1, -0.05) is 30.9 Å². The first-order chi connectivity index (χ1) is 7.66. The van der Waals surface area contributed by atoms with E-state index >= 15 is 0 Å². The summed E-state index contributed by atoms with van der Waals surface area (Å²) in [5, 5.41) is 0.683. The lowest BCUT2D eigenvalue weighted by atomic mass is 10.0. The number of anilines is 1. The van der Waals surface area contributed by atoms with Crippen LogP contribution in [0.3, 0.4) is 0 Å². The van der Waals surface area contributed by atoms with Crippen molar-refractivity contribution in [3.8, 4) is 0 Å². The highest BCUT2D eigenvalue weighted by atomic mass is 35.5. The Balaban J connectivity index is 2.11. The molecule has 1 aliphatic rings. The van der Waals surface area contributed by atoms with Crippen LogP contribution in [0.5, 0.6) is 0 Å². The van der Waals surface area contributed by atoms with E-state index < -0.39 is 0 Å². The van der Waals surface area contributed by atoms with Crippen LogP contribution >= 0.6 is 23.4 Å². The number of hydrogen-bond donors (Lipinski definition) is 1. The normalized spacial score (nSPS) is 17.6. The molecule has 1 saturated carbocycles. The van der Waals surface area contributed by atoms with Gasteiger partial charge in [-0.2, -0.15) is 0 Å². The molecule has 0 atom stereocenters. The van der Waals surface area contributed by atoms with Gasteiger partial charge in [0.2, 0.25) is 0 Å². The van der Waals surface area contributed by atoms with Crippen molar-refractivity contribution >= 4 is 29.1 Å². The highest BCUT2D eigenvalue weighted by Gasteiger charge is 2.16. The van der Waals surface area contributed by atoms with Crippen LogP contribution in [-0.2, 0) is 0 Å². The second-order valence-corrected chi connectivity index (χ2v) is 5.93. The first-order valence-corrected chi connectivity index (χ1v) is 6.84. The maximum absolute atomic E-state index is 13.3. The molecule has 1 aromatic rings. The van der Waals surface area contributed by atoms with E-state index in [4.69, 9.17) is 17.3 Å². The first kappa shape index (κ1) is 12.1. The monoisotopic (exact) mass is 259 g/mol.